The molecule has 0 saturated carbocycles. The zero-order valence-electron chi connectivity index (χ0n) is 25.1. The van der Waals surface area contributed by atoms with E-state index in [2.05, 4.69) is 11.7 Å². The lowest BCUT2D eigenvalue weighted by molar-refractivity contribution is -0.189. The van der Waals surface area contributed by atoms with Gasteiger partial charge in [-0.2, -0.15) is 14.0 Å². The summed E-state index contributed by atoms with van der Waals surface area (Å²) in [5.74, 6) is -11.8. The third-order valence-corrected chi connectivity index (χ3v) is 7.67. The fourth-order valence-corrected chi connectivity index (χ4v) is 5.29. The second kappa shape index (κ2) is 13.9. The molecule has 0 radical (unpaired) electrons. The SMILES string of the molecule is CCCCCc1ccc(-c2ccc(-c3cc(F)c(-c4cc(F)c(C(F)(F)Oc5cc(F)c(C#N)c(F)c5)c(F)c4)c(F)c3)c(F)c2)cc1. The Hall–Kier alpha value is -5.24. The van der Waals surface area contributed by atoms with Gasteiger partial charge >= 0.3 is 6.11 Å². The molecule has 0 bridgehead atoms. The maximum atomic E-state index is 15.3. The van der Waals surface area contributed by atoms with Gasteiger partial charge in [0.1, 0.15) is 63.7 Å². The Bertz CT molecular complexity index is 1970. The lowest BCUT2D eigenvalue weighted by atomic mass is 9.95. The minimum absolute atomic E-state index is 0.167. The summed E-state index contributed by atoms with van der Waals surface area (Å²) in [5.41, 5.74) is -2.91. The number of aryl methyl sites for hydroxylation is 1. The number of unbranched alkanes of at least 4 members (excludes halogenated alkanes) is 2. The molecule has 48 heavy (non-hydrogen) atoms. The summed E-state index contributed by atoms with van der Waals surface area (Å²) in [6.07, 6.45) is -0.676. The number of nitriles is 1. The summed E-state index contributed by atoms with van der Waals surface area (Å²) in [6, 6.07) is 15.2. The predicted molar refractivity (Wildman–Crippen MR) is 161 cm³/mol. The highest BCUT2D eigenvalue weighted by molar-refractivity contribution is 5.75. The van der Waals surface area contributed by atoms with E-state index in [0.29, 0.717) is 5.56 Å². The summed E-state index contributed by atoms with van der Waals surface area (Å²) >= 11 is 0. The maximum absolute atomic E-state index is 15.3. The highest BCUT2D eigenvalue weighted by atomic mass is 19.3. The standard InChI is InChI=1S/C37H24F9NO/c1-2-3-4-5-20-6-8-21(9-7-20)22-10-11-26(28(38)12-22)23-13-31(41)35(32(42)14-23)24-15-33(43)36(34(44)16-24)37(45,46)48-25-17-29(39)27(19-47)30(40)18-25/h6-18H,2-5H2,1H3. The van der Waals surface area contributed by atoms with Crippen LogP contribution in [-0.2, 0) is 12.5 Å². The van der Waals surface area contributed by atoms with Gasteiger partial charge in [-0.25, -0.2) is 30.7 Å². The van der Waals surface area contributed by atoms with E-state index in [1.807, 2.05) is 24.3 Å². The Morgan fingerprint density at radius 2 is 1.15 bits per heavy atom. The third-order valence-electron chi connectivity index (χ3n) is 7.67. The van der Waals surface area contributed by atoms with E-state index < -0.39 is 74.8 Å². The average Bonchev–Trinajstić information content (AvgIpc) is 3.00. The van der Waals surface area contributed by atoms with Gasteiger partial charge < -0.3 is 4.74 Å². The molecule has 246 valence electrons. The van der Waals surface area contributed by atoms with Gasteiger partial charge in [-0.15, -0.1) is 0 Å². The van der Waals surface area contributed by atoms with Crippen molar-refractivity contribution in [3.05, 3.63) is 136 Å². The van der Waals surface area contributed by atoms with Crippen LogP contribution in [0.1, 0.15) is 42.9 Å². The lowest BCUT2D eigenvalue weighted by Crippen LogP contribution is -2.25. The lowest BCUT2D eigenvalue weighted by Gasteiger charge is -2.20. The van der Waals surface area contributed by atoms with Crippen LogP contribution >= 0.6 is 0 Å². The highest BCUT2D eigenvalue weighted by Gasteiger charge is 2.42. The summed E-state index contributed by atoms with van der Waals surface area (Å²) in [6.45, 7) is 2.11. The summed E-state index contributed by atoms with van der Waals surface area (Å²) in [5, 5.41) is 8.71. The first kappa shape index (κ1) is 34.1. The Morgan fingerprint density at radius 3 is 1.69 bits per heavy atom. The fourth-order valence-electron chi connectivity index (χ4n) is 5.29. The van der Waals surface area contributed by atoms with Crippen molar-refractivity contribution in [3.63, 3.8) is 0 Å². The molecular formula is C37H24F9NO. The van der Waals surface area contributed by atoms with Gasteiger partial charge in [0.2, 0.25) is 0 Å². The van der Waals surface area contributed by atoms with E-state index in [4.69, 9.17) is 5.26 Å². The highest BCUT2D eigenvalue weighted by Crippen LogP contribution is 2.39. The van der Waals surface area contributed by atoms with Crippen molar-refractivity contribution >= 4 is 0 Å². The molecule has 5 aromatic rings. The van der Waals surface area contributed by atoms with Crippen molar-refractivity contribution in [2.45, 2.75) is 38.7 Å². The first-order valence-corrected chi connectivity index (χ1v) is 14.7. The van der Waals surface area contributed by atoms with Gasteiger partial charge in [-0.05, 0) is 71.0 Å². The molecule has 0 atom stereocenters. The molecule has 0 N–H and O–H groups in total. The summed E-state index contributed by atoms with van der Waals surface area (Å²) < 4.78 is 137. The van der Waals surface area contributed by atoms with Crippen molar-refractivity contribution in [2.24, 2.45) is 0 Å². The number of hydrogen-bond donors (Lipinski definition) is 0. The van der Waals surface area contributed by atoms with Crippen LogP contribution in [0, 0.1) is 52.1 Å². The normalized spacial score (nSPS) is 11.4. The smallest absolute Gasteiger partial charge is 0.429 e. The van der Waals surface area contributed by atoms with Crippen LogP contribution in [0.3, 0.4) is 0 Å². The second-order valence-corrected chi connectivity index (χ2v) is 11.0. The van der Waals surface area contributed by atoms with E-state index >= 15 is 13.2 Å². The van der Waals surface area contributed by atoms with Crippen molar-refractivity contribution in [1.29, 1.82) is 5.26 Å². The van der Waals surface area contributed by atoms with Gasteiger partial charge in [0.25, 0.3) is 0 Å². The van der Waals surface area contributed by atoms with Crippen molar-refractivity contribution in [1.82, 2.24) is 0 Å². The molecular weight excluding hydrogens is 645 g/mol. The minimum Gasteiger partial charge on any atom is -0.429 e. The Labute approximate surface area is 269 Å². The number of alkyl halides is 2. The quantitative estimate of drug-likeness (QED) is 0.110. The molecule has 0 aliphatic heterocycles. The van der Waals surface area contributed by atoms with Gasteiger partial charge in [0.15, 0.2) is 0 Å². The number of benzene rings is 5. The molecule has 0 aliphatic carbocycles. The molecule has 0 saturated heterocycles. The number of nitrogens with zero attached hydrogens (tertiary/aromatic N) is 1. The molecule has 0 aliphatic rings. The first-order chi connectivity index (χ1) is 22.8. The largest absolute Gasteiger partial charge is 0.432 e. The van der Waals surface area contributed by atoms with Crippen molar-refractivity contribution in [2.75, 3.05) is 0 Å². The van der Waals surface area contributed by atoms with Gasteiger partial charge in [0.05, 0.1) is 5.56 Å². The minimum atomic E-state index is -4.86. The van der Waals surface area contributed by atoms with Gasteiger partial charge in [0, 0.05) is 17.7 Å². The number of hydrogen-bond acceptors (Lipinski definition) is 2. The molecule has 0 aromatic heterocycles. The van der Waals surface area contributed by atoms with E-state index in [-0.39, 0.29) is 35.4 Å². The van der Waals surface area contributed by atoms with Gasteiger partial charge in [-0.3, -0.25) is 0 Å². The van der Waals surface area contributed by atoms with Crippen LogP contribution in [0.5, 0.6) is 5.75 Å². The van der Waals surface area contributed by atoms with Crippen LogP contribution in [0.2, 0.25) is 0 Å². The number of halogens is 9. The molecule has 0 amide bonds. The van der Waals surface area contributed by atoms with Crippen molar-refractivity contribution < 1.29 is 44.3 Å². The Morgan fingerprint density at radius 1 is 0.604 bits per heavy atom. The number of ether oxygens (including phenoxy) is 1. The van der Waals surface area contributed by atoms with E-state index in [1.165, 1.54) is 18.2 Å². The van der Waals surface area contributed by atoms with E-state index in [1.54, 1.807) is 6.07 Å². The van der Waals surface area contributed by atoms with Crippen LogP contribution < -0.4 is 4.74 Å². The first-order valence-electron chi connectivity index (χ1n) is 14.7. The van der Waals surface area contributed by atoms with Crippen LogP contribution in [0.15, 0.2) is 78.9 Å². The molecule has 11 heteroatoms. The number of rotatable bonds is 10. The molecule has 5 rings (SSSR count). The van der Waals surface area contributed by atoms with E-state index in [0.717, 1.165) is 48.9 Å². The predicted octanol–water partition coefficient (Wildman–Crippen LogP) is 11.4. The van der Waals surface area contributed by atoms with Crippen LogP contribution in [0.4, 0.5) is 39.5 Å². The monoisotopic (exact) mass is 669 g/mol. The second-order valence-electron chi connectivity index (χ2n) is 11.0. The molecule has 0 unspecified atom stereocenters. The average molecular weight is 670 g/mol. The zero-order chi connectivity index (χ0) is 34.7. The summed E-state index contributed by atoms with van der Waals surface area (Å²) in [4.78, 5) is 0. The van der Waals surface area contributed by atoms with E-state index in [9.17, 15) is 26.3 Å². The van der Waals surface area contributed by atoms with Crippen molar-refractivity contribution in [3.8, 4) is 45.2 Å². The molecule has 5 aromatic carbocycles. The Kier molecular flexibility index (Phi) is 9.85. The fraction of sp³-hybridized carbons (Fsp3) is 0.162. The third kappa shape index (κ3) is 7.03. The van der Waals surface area contributed by atoms with Crippen LogP contribution in [-0.4, -0.2) is 0 Å². The summed E-state index contributed by atoms with van der Waals surface area (Å²) in [7, 11) is 0. The molecule has 2 nitrogen and oxygen atoms in total. The van der Waals surface area contributed by atoms with Crippen LogP contribution in [0.25, 0.3) is 33.4 Å². The maximum Gasteiger partial charge on any atom is 0.432 e. The Balaban J connectivity index is 1.41. The molecule has 0 fully saturated rings. The molecule has 0 heterocycles. The zero-order valence-corrected chi connectivity index (χ0v) is 25.1. The van der Waals surface area contributed by atoms with Gasteiger partial charge in [-0.1, -0.05) is 56.2 Å². The topological polar surface area (TPSA) is 33.0 Å². The molecule has 0 spiro atoms.